The molecule has 122 valence electrons. The second-order valence-corrected chi connectivity index (χ2v) is 6.43. The Morgan fingerprint density at radius 3 is 2.54 bits per heavy atom. The molecule has 0 saturated carbocycles. The van der Waals surface area contributed by atoms with Crippen molar-refractivity contribution in [1.82, 2.24) is 10.3 Å². The summed E-state index contributed by atoms with van der Waals surface area (Å²) >= 11 is 1.67. The molecule has 3 aromatic rings. The molecule has 0 bridgehead atoms. The smallest absolute Gasteiger partial charge is 0.257 e. The summed E-state index contributed by atoms with van der Waals surface area (Å²) in [5, 5.41) is 3.41. The van der Waals surface area contributed by atoms with E-state index in [1.54, 1.807) is 23.9 Å². The summed E-state index contributed by atoms with van der Waals surface area (Å²) in [5.41, 5.74) is 1.59. The van der Waals surface area contributed by atoms with Crippen LogP contribution in [0.2, 0.25) is 0 Å². The lowest BCUT2D eigenvalue weighted by Gasteiger charge is -2.14. The maximum absolute atomic E-state index is 12.5. The van der Waals surface area contributed by atoms with Crippen molar-refractivity contribution in [2.45, 2.75) is 17.9 Å². The fourth-order valence-electron chi connectivity index (χ4n) is 2.59. The van der Waals surface area contributed by atoms with E-state index >= 15 is 0 Å². The number of hydrogen-bond acceptors (Lipinski definition) is 3. The van der Waals surface area contributed by atoms with Gasteiger partial charge in [0.15, 0.2) is 0 Å². The van der Waals surface area contributed by atoms with Gasteiger partial charge < -0.3 is 10.3 Å². The zero-order valence-corrected chi connectivity index (χ0v) is 14.3. The molecule has 0 fully saturated rings. The Kier molecular flexibility index (Phi) is 4.71. The zero-order valence-electron chi connectivity index (χ0n) is 13.5. The van der Waals surface area contributed by atoms with E-state index in [2.05, 4.69) is 10.3 Å². The molecule has 1 aromatic heterocycles. The monoisotopic (exact) mass is 338 g/mol. The van der Waals surface area contributed by atoms with E-state index in [0.29, 0.717) is 5.39 Å². The van der Waals surface area contributed by atoms with Crippen molar-refractivity contribution in [2.75, 3.05) is 6.26 Å². The number of fused-ring (bicyclic) bond motifs is 1. The summed E-state index contributed by atoms with van der Waals surface area (Å²) in [6.07, 6.45) is 3.50. The predicted octanol–water partition coefficient (Wildman–Crippen LogP) is 3.74. The van der Waals surface area contributed by atoms with Gasteiger partial charge in [-0.1, -0.05) is 24.3 Å². The van der Waals surface area contributed by atoms with Gasteiger partial charge in [0, 0.05) is 22.0 Å². The van der Waals surface area contributed by atoms with E-state index in [0.717, 1.165) is 11.1 Å². The van der Waals surface area contributed by atoms with Crippen LogP contribution in [0.15, 0.2) is 64.4 Å². The van der Waals surface area contributed by atoms with Crippen LogP contribution in [0, 0.1) is 0 Å². The molecule has 1 heterocycles. The van der Waals surface area contributed by atoms with Crippen LogP contribution in [0.25, 0.3) is 10.9 Å². The molecule has 2 N–H and O–H groups in total. The summed E-state index contributed by atoms with van der Waals surface area (Å²) in [5.74, 6) is -0.372. The van der Waals surface area contributed by atoms with Gasteiger partial charge in [0.1, 0.15) is 5.56 Å². The molecule has 0 spiro atoms. The Balaban J connectivity index is 1.84. The van der Waals surface area contributed by atoms with Gasteiger partial charge in [-0.3, -0.25) is 9.59 Å². The number of carbonyl (C=O) groups is 1. The third-order valence-corrected chi connectivity index (χ3v) is 4.74. The van der Waals surface area contributed by atoms with E-state index in [1.165, 1.54) is 11.1 Å². The van der Waals surface area contributed by atoms with Crippen molar-refractivity contribution in [1.29, 1.82) is 0 Å². The molecule has 0 saturated heterocycles. The molecular weight excluding hydrogens is 320 g/mol. The van der Waals surface area contributed by atoms with Crippen molar-refractivity contribution in [2.24, 2.45) is 0 Å². The minimum Gasteiger partial charge on any atom is -0.360 e. The lowest BCUT2D eigenvalue weighted by Crippen LogP contribution is -2.31. The van der Waals surface area contributed by atoms with E-state index < -0.39 is 0 Å². The van der Waals surface area contributed by atoms with Crippen LogP contribution in [0.3, 0.4) is 0 Å². The highest BCUT2D eigenvalue weighted by Gasteiger charge is 2.15. The summed E-state index contributed by atoms with van der Waals surface area (Å²) in [4.78, 5) is 29.1. The minimum atomic E-state index is -0.372. The van der Waals surface area contributed by atoms with Crippen molar-refractivity contribution >= 4 is 28.6 Å². The lowest BCUT2D eigenvalue weighted by atomic mass is 10.1. The Hall–Kier alpha value is -2.53. The number of thioether (sulfide) groups is 1. The molecule has 0 unspecified atom stereocenters. The summed E-state index contributed by atoms with van der Waals surface area (Å²) in [6.45, 7) is 1.90. The number of carbonyl (C=O) groups excluding carboxylic acids is 1. The van der Waals surface area contributed by atoms with Crippen LogP contribution < -0.4 is 10.7 Å². The highest BCUT2D eigenvalue weighted by molar-refractivity contribution is 7.98. The Morgan fingerprint density at radius 1 is 1.12 bits per heavy atom. The fourth-order valence-corrected chi connectivity index (χ4v) is 2.99. The summed E-state index contributed by atoms with van der Waals surface area (Å²) in [6, 6.07) is 15.0. The summed E-state index contributed by atoms with van der Waals surface area (Å²) in [7, 11) is 0. The Morgan fingerprint density at radius 2 is 1.83 bits per heavy atom. The van der Waals surface area contributed by atoms with E-state index in [4.69, 9.17) is 0 Å². The lowest BCUT2D eigenvalue weighted by molar-refractivity contribution is 0.0938. The molecule has 1 atom stereocenters. The zero-order chi connectivity index (χ0) is 17.1. The Labute approximate surface area is 144 Å². The van der Waals surface area contributed by atoms with Gasteiger partial charge in [0.05, 0.1) is 6.04 Å². The van der Waals surface area contributed by atoms with Crippen molar-refractivity contribution < 1.29 is 4.79 Å². The highest BCUT2D eigenvalue weighted by Crippen LogP contribution is 2.19. The first kappa shape index (κ1) is 16.3. The van der Waals surface area contributed by atoms with Crippen LogP contribution in [0.1, 0.15) is 28.9 Å². The van der Waals surface area contributed by atoms with Crippen LogP contribution in [-0.2, 0) is 0 Å². The molecule has 4 nitrogen and oxygen atoms in total. The predicted molar refractivity (Wildman–Crippen MR) is 98.7 cm³/mol. The average molecular weight is 338 g/mol. The van der Waals surface area contributed by atoms with Gasteiger partial charge >= 0.3 is 0 Å². The number of hydrogen-bond donors (Lipinski definition) is 2. The maximum Gasteiger partial charge on any atom is 0.257 e. The largest absolute Gasteiger partial charge is 0.360 e. The maximum atomic E-state index is 12.5. The minimum absolute atomic E-state index is 0.126. The van der Waals surface area contributed by atoms with Crippen molar-refractivity contribution in [3.05, 3.63) is 76.1 Å². The molecule has 24 heavy (non-hydrogen) atoms. The van der Waals surface area contributed by atoms with Crippen molar-refractivity contribution in [3.8, 4) is 0 Å². The highest BCUT2D eigenvalue weighted by atomic mass is 32.2. The fraction of sp³-hybridized carbons (Fsp3) is 0.158. The van der Waals surface area contributed by atoms with Gasteiger partial charge in [-0.2, -0.15) is 0 Å². The third kappa shape index (κ3) is 3.21. The quantitative estimate of drug-likeness (QED) is 0.712. The normalized spacial score (nSPS) is 12.1. The van der Waals surface area contributed by atoms with E-state index in [9.17, 15) is 9.59 Å². The van der Waals surface area contributed by atoms with Gasteiger partial charge in [-0.15, -0.1) is 11.8 Å². The number of para-hydroxylation sites is 1. The van der Waals surface area contributed by atoms with Gasteiger partial charge in [-0.05, 0) is 43.0 Å². The SMILES string of the molecule is CSc1ccc([C@H](C)NC(=O)c2c[nH]c3ccccc3c2=O)cc1. The van der Waals surface area contributed by atoms with Gasteiger partial charge in [0.2, 0.25) is 5.43 Å². The third-order valence-electron chi connectivity index (χ3n) is 4.00. The van der Waals surface area contributed by atoms with Crippen LogP contribution in [0.4, 0.5) is 0 Å². The van der Waals surface area contributed by atoms with Gasteiger partial charge in [0.25, 0.3) is 5.91 Å². The van der Waals surface area contributed by atoms with E-state index in [-0.39, 0.29) is 22.9 Å². The number of rotatable bonds is 4. The number of aromatic nitrogens is 1. The molecule has 2 aromatic carbocycles. The van der Waals surface area contributed by atoms with Gasteiger partial charge in [-0.25, -0.2) is 0 Å². The molecule has 0 aliphatic rings. The first-order chi connectivity index (χ1) is 11.6. The topological polar surface area (TPSA) is 62.0 Å². The number of H-pyrrole nitrogens is 1. The second-order valence-electron chi connectivity index (χ2n) is 5.55. The molecule has 0 radical (unpaired) electrons. The number of amides is 1. The summed E-state index contributed by atoms with van der Waals surface area (Å²) < 4.78 is 0. The van der Waals surface area contributed by atoms with Crippen LogP contribution in [-0.4, -0.2) is 17.1 Å². The average Bonchev–Trinajstić information content (AvgIpc) is 2.62. The number of benzene rings is 2. The van der Waals surface area contributed by atoms with Crippen LogP contribution in [0.5, 0.6) is 0 Å². The van der Waals surface area contributed by atoms with Crippen molar-refractivity contribution in [3.63, 3.8) is 0 Å². The second kappa shape index (κ2) is 6.93. The molecule has 0 aliphatic carbocycles. The number of aromatic amines is 1. The molecule has 1 amide bonds. The van der Waals surface area contributed by atoms with Crippen LogP contribution >= 0.6 is 11.8 Å². The molecule has 0 aliphatic heterocycles. The first-order valence-electron chi connectivity index (χ1n) is 7.65. The number of nitrogens with one attached hydrogen (secondary N) is 2. The molecule has 3 rings (SSSR count). The standard InChI is InChI=1S/C19H18N2O2S/c1-12(13-7-9-14(24-2)10-8-13)21-19(23)16-11-20-17-6-4-3-5-15(17)18(16)22/h3-12H,1-2H3,(H,20,22)(H,21,23)/t12-/m0/s1. The first-order valence-corrected chi connectivity index (χ1v) is 8.88. The number of pyridine rings is 1. The Bertz CT molecular complexity index is 932. The molecular formula is C19H18N2O2S. The van der Waals surface area contributed by atoms with E-state index in [1.807, 2.05) is 49.6 Å². The molecule has 5 heteroatoms.